The Kier molecular flexibility index (Phi) is 6.18. The number of halogens is 1. The van der Waals surface area contributed by atoms with Gasteiger partial charge < -0.3 is 10.1 Å². The lowest BCUT2D eigenvalue weighted by Crippen LogP contribution is -2.15. The highest BCUT2D eigenvalue weighted by atomic mass is 35.5. The third-order valence-corrected chi connectivity index (χ3v) is 4.99. The van der Waals surface area contributed by atoms with E-state index in [2.05, 4.69) is 15.4 Å². The van der Waals surface area contributed by atoms with Crippen molar-refractivity contribution in [2.24, 2.45) is 0 Å². The van der Waals surface area contributed by atoms with Crippen molar-refractivity contribution in [3.63, 3.8) is 0 Å². The Hall–Kier alpha value is -3.71. The summed E-state index contributed by atoms with van der Waals surface area (Å²) in [6.45, 7) is 4.00. The van der Waals surface area contributed by atoms with Crippen LogP contribution in [0.15, 0.2) is 60.7 Å². The summed E-state index contributed by atoms with van der Waals surface area (Å²) in [6.07, 6.45) is 0.184. The molecule has 8 heteroatoms. The average molecular weight is 449 g/mol. The van der Waals surface area contributed by atoms with Crippen molar-refractivity contribution in [3.8, 4) is 11.4 Å². The first-order chi connectivity index (χ1) is 15.4. The van der Waals surface area contributed by atoms with Gasteiger partial charge in [-0.25, -0.2) is 9.50 Å². The summed E-state index contributed by atoms with van der Waals surface area (Å²) < 4.78 is 6.65. The van der Waals surface area contributed by atoms with Gasteiger partial charge in [0.2, 0.25) is 0 Å². The van der Waals surface area contributed by atoms with Crippen molar-refractivity contribution >= 4 is 34.7 Å². The van der Waals surface area contributed by atoms with Crippen molar-refractivity contribution < 1.29 is 14.3 Å². The number of rotatable bonds is 6. The number of hydrogen-bond donors (Lipinski definition) is 1. The van der Waals surface area contributed by atoms with Crippen LogP contribution in [0, 0.1) is 6.92 Å². The van der Waals surface area contributed by atoms with Gasteiger partial charge in [0.15, 0.2) is 5.82 Å². The molecule has 0 bridgehead atoms. The first kappa shape index (κ1) is 21.5. The Balaban J connectivity index is 1.61. The van der Waals surface area contributed by atoms with E-state index in [4.69, 9.17) is 16.3 Å². The summed E-state index contributed by atoms with van der Waals surface area (Å²) in [6, 6.07) is 17.9. The quantitative estimate of drug-likeness (QED) is 0.431. The lowest BCUT2D eigenvalue weighted by atomic mass is 10.1. The predicted octanol–water partition coefficient (Wildman–Crippen LogP) is 4.72. The van der Waals surface area contributed by atoms with E-state index in [1.165, 1.54) is 0 Å². The molecule has 0 aliphatic rings. The van der Waals surface area contributed by atoms with Gasteiger partial charge >= 0.3 is 5.97 Å². The Morgan fingerprint density at radius 1 is 1.09 bits per heavy atom. The monoisotopic (exact) mass is 448 g/mol. The van der Waals surface area contributed by atoms with E-state index < -0.39 is 0 Å². The van der Waals surface area contributed by atoms with E-state index in [1.54, 1.807) is 53.9 Å². The van der Waals surface area contributed by atoms with E-state index in [0.29, 0.717) is 23.1 Å². The molecule has 7 nitrogen and oxygen atoms in total. The minimum atomic E-state index is -0.354. The third kappa shape index (κ3) is 4.78. The third-order valence-electron chi connectivity index (χ3n) is 4.75. The molecule has 2 aromatic heterocycles. The number of hydrogen-bond acceptors (Lipinski definition) is 5. The number of amides is 1. The molecule has 0 unspecified atom stereocenters. The molecule has 4 rings (SSSR count). The fraction of sp³-hybridized carbons (Fsp3) is 0.167. The van der Waals surface area contributed by atoms with Crippen LogP contribution in [-0.4, -0.2) is 33.1 Å². The minimum Gasteiger partial charge on any atom is -0.466 e. The van der Waals surface area contributed by atoms with Crippen LogP contribution in [0.2, 0.25) is 5.02 Å². The van der Waals surface area contributed by atoms with Crippen molar-refractivity contribution in [1.29, 1.82) is 0 Å². The Morgan fingerprint density at radius 3 is 2.59 bits per heavy atom. The molecule has 0 aliphatic heterocycles. The fourth-order valence-electron chi connectivity index (χ4n) is 3.34. The molecule has 0 saturated carbocycles. The molecule has 0 atom stereocenters. The molecule has 0 fully saturated rings. The number of aryl methyl sites for hydroxylation is 1. The zero-order valence-corrected chi connectivity index (χ0v) is 18.4. The molecule has 4 aromatic rings. The molecule has 162 valence electrons. The van der Waals surface area contributed by atoms with Gasteiger partial charge in [-0.05, 0) is 55.8 Å². The van der Waals surface area contributed by atoms with Crippen LogP contribution in [0.25, 0.3) is 16.9 Å². The Bertz CT molecular complexity index is 1300. The van der Waals surface area contributed by atoms with Crippen LogP contribution in [0.3, 0.4) is 0 Å². The highest BCUT2D eigenvalue weighted by molar-refractivity contribution is 6.30. The number of benzene rings is 2. The summed E-state index contributed by atoms with van der Waals surface area (Å²) in [5, 5.41) is 7.91. The van der Waals surface area contributed by atoms with Crippen LogP contribution in [0.5, 0.6) is 0 Å². The highest BCUT2D eigenvalue weighted by Crippen LogP contribution is 2.24. The van der Waals surface area contributed by atoms with E-state index >= 15 is 0 Å². The average Bonchev–Trinajstić information content (AvgIpc) is 3.14. The molecule has 0 spiro atoms. The van der Waals surface area contributed by atoms with Gasteiger partial charge in [0.1, 0.15) is 5.69 Å². The second-order valence-corrected chi connectivity index (χ2v) is 7.67. The topological polar surface area (TPSA) is 85.6 Å². The lowest BCUT2D eigenvalue weighted by molar-refractivity contribution is -0.142. The number of ether oxygens (including phenoxy) is 1. The van der Waals surface area contributed by atoms with Crippen LogP contribution in [-0.2, 0) is 16.0 Å². The van der Waals surface area contributed by atoms with E-state index in [1.807, 2.05) is 25.1 Å². The van der Waals surface area contributed by atoms with Gasteiger partial charge in [-0.15, -0.1) is 0 Å². The number of aromatic nitrogens is 3. The number of nitrogens with zero attached hydrogens (tertiary/aromatic N) is 3. The van der Waals surface area contributed by atoms with Crippen molar-refractivity contribution in [1.82, 2.24) is 14.6 Å². The molecule has 1 amide bonds. The molecule has 0 radical (unpaired) electrons. The summed E-state index contributed by atoms with van der Waals surface area (Å²) in [5.74, 6) is -0.118. The van der Waals surface area contributed by atoms with Crippen molar-refractivity contribution in [2.75, 3.05) is 11.9 Å². The first-order valence-electron chi connectivity index (χ1n) is 10.1. The number of carbonyl (C=O) groups excluding carboxylic acids is 2. The highest BCUT2D eigenvalue weighted by Gasteiger charge is 2.16. The Labute approximate surface area is 190 Å². The van der Waals surface area contributed by atoms with E-state index in [9.17, 15) is 9.59 Å². The number of carbonyl (C=O) groups is 2. The van der Waals surface area contributed by atoms with Gasteiger partial charge in [-0.2, -0.15) is 5.10 Å². The largest absolute Gasteiger partial charge is 0.466 e. The minimum absolute atomic E-state index is 0.184. The normalized spacial score (nSPS) is 10.8. The first-order valence-corrected chi connectivity index (χ1v) is 10.5. The van der Waals surface area contributed by atoms with Gasteiger partial charge in [0.25, 0.3) is 5.91 Å². The maximum absolute atomic E-state index is 13.0. The summed E-state index contributed by atoms with van der Waals surface area (Å²) in [5.41, 5.74) is 3.97. The SMILES string of the molecule is CCOC(=O)Cc1ccc(NC(=O)c2cc3cc(C)nn3c(-c3cccc(Cl)c3)n2)cc1. The van der Waals surface area contributed by atoms with Crippen molar-refractivity contribution in [3.05, 3.63) is 82.6 Å². The predicted molar refractivity (Wildman–Crippen MR) is 123 cm³/mol. The maximum Gasteiger partial charge on any atom is 0.310 e. The van der Waals surface area contributed by atoms with Crippen molar-refractivity contribution in [2.45, 2.75) is 20.3 Å². The number of anilines is 1. The summed E-state index contributed by atoms with van der Waals surface area (Å²) in [7, 11) is 0. The van der Waals surface area contributed by atoms with E-state index in [0.717, 1.165) is 22.3 Å². The van der Waals surface area contributed by atoms with Gasteiger partial charge in [0, 0.05) is 16.3 Å². The Morgan fingerprint density at radius 2 is 1.88 bits per heavy atom. The molecular formula is C24H21ClN4O3. The van der Waals surface area contributed by atoms with Gasteiger partial charge in [-0.3, -0.25) is 9.59 Å². The van der Waals surface area contributed by atoms with E-state index in [-0.39, 0.29) is 24.0 Å². The molecular weight excluding hydrogens is 428 g/mol. The smallest absolute Gasteiger partial charge is 0.310 e. The standard InChI is InChI=1S/C24H21ClN4O3/c1-3-32-22(30)12-16-7-9-19(10-8-16)26-24(31)21-14-20-11-15(2)28-29(20)23(27-21)17-5-4-6-18(25)13-17/h4-11,13-14H,3,12H2,1-2H3,(H,26,31). The lowest BCUT2D eigenvalue weighted by Gasteiger charge is -2.10. The molecule has 0 saturated heterocycles. The molecule has 32 heavy (non-hydrogen) atoms. The van der Waals surface area contributed by atoms with Crippen LogP contribution in [0.4, 0.5) is 5.69 Å². The number of nitrogens with one attached hydrogen (secondary N) is 1. The molecule has 0 aliphatic carbocycles. The van der Waals surface area contributed by atoms with Crippen LogP contribution in [0.1, 0.15) is 28.7 Å². The molecule has 2 heterocycles. The fourth-order valence-corrected chi connectivity index (χ4v) is 3.53. The molecule has 2 aromatic carbocycles. The zero-order valence-electron chi connectivity index (χ0n) is 17.6. The number of fused-ring (bicyclic) bond motifs is 1. The molecule has 1 N–H and O–H groups in total. The summed E-state index contributed by atoms with van der Waals surface area (Å²) in [4.78, 5) is 29.2. The summed E-state index contributed by atoms with van der Waals surface area (Å²) >= 11 is 6.16. The second-order valence-electron chi connectivity index (χ2n) is 7.23. The number of esters is 1. The zero-order chi connectivity index (χ0) is 22.7. The second kappa shape index (κ2) is 9.20. The maximum atomic E-state index is 13.0. The van der Waals surface area contributed by atoms with Crippen LogP contribution >= 0.6 is 11.6 Å². The van der Waals surface area contributed by atoms with Gasteiger partial charge in [-0.1, -0.05) is 35.9 Å². The van der Waals surface area contributed by atoms with Crippen LogP contribution < -0.4 is 5.32 Å². The van der Waals surface area contributed by atoms with Gasteiger partial charge in [0.05, 0.1) is 24.2 Å².